The van der Waals surface area contributed by atoms with E-state index in [1.807, 2.05) is 0 Å². The van der Waals surface area contributed by atoms with Crippen LogP contribution in [0.2, 0.25) is 0 Å². The lowest BCUT2D eigenvalue weighted by molar-refractivity contribution is -0.147. The number of phosphoric ester groups is 1. The predicted octanol–water partition coefficient (Wildman–Crippen LogP) is 9.10. The van der Waals surface area contributed by atoms with E-state index in [-0.39, 0.29) is 32.1 Å². The number of phosphoric acid groups is 1. The van der Waals surface area contributed by atoms with Crippen molar-refractivity contribution in [2.24, 2.45) is 0 Å². The summed E-state index contributed by atoms with van der Waals surface area (Å²) in [5.41, 5.74) is 0. The first-order valence-electron chi connectivity index (χ1n) is 18.2. The third-order valence-electron chi connectivity index (χ3n) is 7.70. The van der Waals surface area contributed by atoms with Crippen LogP contribution in [0.3, 0.4) is 0 Å². The van der Waals surface area contributed by atoms with E-state index in [1.165, 1.54) is 89.9 Å². The molecule has 0 heterocycles. The second-order valence-corrected chi connectivity index (χ2v) is 13.7. The maximum Gasteiger partial charge on any atom is 0.472 e. The van der Waals surface area contributed by atoms with Gasteiger partial charge in [0, 0.05) is 19.4 Å². The predicted molar refractivity (Wildman–Crippen MR) is 183 cm³/mol. The van der Waals surface area contributed by atoms with Gasteiger partial charge in [-0.25, -0.2) is 4.57 Å². The lowest BCUT2D eigenvalue weighted by Crippen LogP contribution is -2.27. The van der Waals surface area contributed by atoms with Crippen molar-refractivity contribution < 1.29 is 37.9 Å². The van der Waals surface area contributed by atoms with Crippen LogP contribution < -0.4 is 5.32 Å². The summed E-state index contributed by atoms with van der Waals surface area (Å²) in [5, 5.41) is 12.6. The number of hydrogen-bond donors (Lipinski definition) is 3. The largest absolute Gasteiger partial charge is 0.472 e. The molecule has 1 amide bonds. The number of carbonyl (C=O) groups excluding carboxylic acids is 2. The Morgan fingerprint density at radius 2 is 1.16 bits per heavy atom. The summed E-state index contributed by atoms with van der Waals surface area (Å²) in [5.74, 6) is -0.524. The normalized spacial score (nSPS) is 13.6. The Morgan fingerprint density at radius 3 is 1.73 bits per heavy atom. The molecule has 0 fully saturated rings. The first kappa shape index (κ1) is 43.8. The number of rotatable bonds is 34. The van der Waals surface area contributed by atoms with Gasteiger partial charge in [-0.2, -0.15) is 0 Å². The van der Waals surface area contributed by atoms with Gasteiger partial charge in [0.15, 0.2) is 0 Å². The van der Waals surface area contributed by atoms with Gasteiger partial charge in [0.25, 0.3) is 0 Å². The van der Waals surface area contributed by atoms with Crippen molar-refractivity contribution in [1.82, 2.24) is 5.32 Å². The number of nitrogens with one attached hydrogen (secondary N) is 1. The average Bonchev–Trinajstić information content (AvgIpc) is 3.02. The van der Waals surface area contributed by atoms with Crippen molar-refractivity contribution in [2.45, 2.75) is 174 Å². The van der Waals surface area contributed by atoms with E-state index in [1.54, 1.807) is 0 Å². The zero-order valence-electron chi connectivity index (χ0n) is 28.8. The van der Waals surface area contributed by atoms with E-state index in [4.69, 9.17) is 13.8 Å². The quantitative estimate of drug-likeness (QED) is 0.0269. The van der Waals surface area contributed by atoms with Crippen LogP contribution in [-0.2, 0) is 27.9 Å². The molecular formula is C35H68NO8P. The molecule has 3 N–H and O–H groups in total. The average molecular weight is 662 g/mol. The number of hydrogen-bond acceptors (Lipinski definition) is 7. The molecule has 2 unspecified atom stereocenters. The molecule has 266 valence electrons. The lowest BCUT2D eigenvalue weighted by Gasteiger charge is -2.15. The second kappa shape index (κ2) is 32.7. The van der Waals surface area contributed by atoms with E-state index in [0.717, 1.165) is 51.4 Å². The number of carbonyl (C=O) groups is 2. The number of aliphatic hydroxyl groups excluding tert-OH is 1. The molecule has 0 radical (unpaired) electrons. The Hall–Kier alpha value is -1.25. The molecule has 0 aliphatic heterocycles. The maximum atomic E-state index is 12.0. The van der Waals surface area contributed by atoms with Crippen LogP contribution >= 0.6 is 7.82 Å². The summed E-state index contributed by atoms with van der Waals surface area (Å²) in [6.07, 6.45) is 30.0. The Balaban J connectivity index is 3.63. The third kappa shape index (κ3) is 33.9. The topological polar surface area (TPSA) is 131 Å². The fraction of sp³-hybridized carbons (Fsp3) is 0.886. The summed E-state index contributed by atoms with van der Waals surface area (Å²) in [4.78, 5) is 33.6. The van der Waals surface area contributed by atoms with Crippen LogP contribution in [0.25, 0.3) is 0 Å². The number of ether oxygens (including phenoxy) is 1. The first-order chi connectivity index (χ1) is 21.8. The van der Waals surface area contributed by atoms with E-state index in [0.29, 0.717) is 6.42 Å². The molecular weight excluding hydrogens is 593 g/mol. The smallest absolute Gasteiger partial charge is 0.463 e. The van der Waals surface area contributed by atoms with Crippen molar-refractivity contribution in [2.75, 3.05) is 26.4 Å². The van der Waals surface area contributed by atoms with Gasteiger partial charge in [-0.15, -0.1) is 0 Å². The molecule has 0 rings (SSSR count). The Morgan fingerprint density at radius 1 is 0.667 bits per heavy atom. The van der Waals surface area contributed by atoms with Gasteiger partial charge in [0.2, 0.25) is 5.91 Å². The highest BCUT2D eigenvalue weighted by atomic mass is 31.2. The first-order valence-corrected chi connectivity index (χ1v) is 19.7. The van der Waals surface area contributed by atoms with Crippen LogP contribution in [-0.4, -0.2) is 54.3 Å². The Bertz CT molecular complexity index is 764. The number of esters is 1. The lowest BCUT2D eigenvalue weighted by atomic mass is 10.0. The Kier molecular flexibility index (Phi) is 31.8. The van der Waals surface area contributed by atoms with Crippen molar-refractivity contribution in [3.63, 3.8) is 0 Å². The Labute approximate surface area is 275 Å². The number of allylic oxidation sites excluding steroid dienone is 2. The van der Waals surface area contributed by atoms with Crippen LogP contribution in [0.5, 0.6) is 0 Å². The fourth-order valence-electron chi connectivity index (χ4n) is 4.89. The van der Waals surface area contributed by atoms with Crippen LogP contribution in [0.1, 0.15) is 168 Å². The van der Waals surface area contributed by atoms with Gasteiger partial charge in [-0.1, -0.05) is 135 Å². The van der Waals surface area contributed by atoms with Crippen molar-refractivity contribution in [3.05, 3.63) is 12.2 Å². The molecule has 0 aromatic carbocycles. The number of aliphatic hydroxyl groups is 1. The van der Waals surface area contributed by atoms with Gasteiger partial charge in [-0.3, -0.25) is 18.6 Å². The van der Waals surface area contributed by atoms with E-state index < -0.39 is 26.5 Å². The number of amides is 1. The molecule has 0 aliphatic carbocycles. The number of unbranched alkanes of at least 4 members (excludes halogenated alkanes) is 19. The van der Waals surface area contributed by atoms with Crippen molar-refractivity contribution in [3.8, 4) is 0 Å². The van der Waals surface area contributed by atoms with Crippen molar-refractivity contribution >= 4 is 19.7 Å². The zero-order chi connectivity index (χ0) is 33.3. The molecule has 0 aliphatic rings. The summed E-state index contributed by atoms with van der Waals surface area (Å²) in [7, 11) is -4.40. The minimum Gasteiger partial charge on any atom is -0.463 e. The van der Waals surface area contributed by atoms with Gasteiger partial charge < -0.3 is 20.1 Å². The third-order valence-corrected chi connectivity index (χ3v) is 8.68. The molecule has 0 spiro atoms. The molecule has 0 bridgehead atoms. The summed E-state index contributed by atoms with van der Waals surface area (Å²) < 4.78 is 26.7. The zero-order valence-corrected chi connectivity index (χ0v) is 29.7. The highest BCUT2D eigenvalue weighted by Gasteiger charge is 2.23. The van der Waals surface area contributed by atoms with Crippen molar-refractivity contribution in [1.29, 1.82) is 0 Å². The standard InChI is InChI=1S/C35H68NO8P/c1-3-5-7-9-11-13-15-16-18-20-22-24-26-28-35(39)42-31-33(37)32-44-45(40,41)43-30-29-36-34(38)27-25-23-21-19-17-14-12-10-8-6-4-2/h10,12,33,37H,3-9,11,13-32H2,1-2H3,(H,36,38)(H,40,41)/b12-10-. The highest BCUT2D eigenvalue weighted by Crippen LogP contribution is 2.42. The maximum absolute atomic E-state index is 12.0. The molecule has 0 saturated carbocycles. The van der Waals surface area contributed by atoms with Gasteiger partial charge in [0.05, 0.1) is 13.2 Å². The summed E-state index contributed by atoms with van der Waals surface area (Å²) in [6, 6.07) is 0. The minimum absolute atomic E-state index is 0.0798. The summed E-state index contributed by atoms with van der Waals surface area (Å²) >= 11 is 0. The van der Waals surface area contributed by atoms with Gasteiger partial charge in [0.1, 0.15) is 12.7 Å². The second-order valence-electron chi connectivity index (χ2n) is 12.2. The van der Waals surface area contributed by atoms with Gasteiger partial charge >= 0.3 is 13.8 Å². The molecule has 9 nitrogen and oxygen atoms in total. The van der Waals surface area contributed by atoms with Crippen LogP contribution in [0.4, 0.5) is 0 Å². The monoisotopic (exact) mass is 661 g/mol. The molecule has 45 heavy (non-hydrogen) atoms. The SMILES string of the molecule is CCCC/C=C\CCCCCCCC(=O)NCCOP(=O)(O)OCC(O)COC(=O)CCCCCCCCCCCCCCC. The fourth-order valence-corrected chi connectivity index (χ4v) is 5.65. The van der Waals surface area contributed by atoms with Crippen LogP contribution in [0, 0.1) is 0 Å². The van der Waals surface area contributed by atoms with E-state index in [9.17, 15) is 24.2 Å². The molecule has 0 aromatic heterocycles. The van der Waals surface area contributed by atoms with E-state index >= 15 is 0 Å². The summed E-state index contributed by atoms with van der Waals surface area (Å²) in [6.45, 7) is 3.49. The van der Waals surface area contributed by atoms with Gasteiger partial charge in [-0.05, 0) is 32.1 Å². The molecule has 2 atom stereocenters. The van der Waals surface area contributed by atoms with E-state index in [2.05, 4.69) is 31.3 Å². The highest BCUT2D eigenvalue weighted by molar-refractivity contribution is 7.47. The molecule has 10 heteroatoms. The molecule has 0 aromatic rings. The minimum atomic E-state index is -4.40. The molecule has 0 saturated heterocycles. The van der Waals surface area contributed by atoms with Crippen LogP contribution in [0.15, 0.2) is 12.2 Å².